The summed E-state index contributed by atoms with van der Waals surface area (Å²) in [7, 11) is 0. The Morgan fingerprint density at radius 2 is 1.77 bits per heavy atom. The predicted molar refractivity (Wildman–Crippen MR) is 119 cm³/mol. The van der Waals surface area contributed by atoms with Gasteiger partial charge in [0.25, 0.3) is 5.56 Å². The molecule has 2 aliphatic heterocycles. The molecule has 0 aromatic heterocycles. The fourth-order valence-electron chi connectivity index (χ4n) is 3.76. The lowest BCUT2D eigenvalue weighted by atomic mass is 10.0. The molecule has 0 radical (unpaired) electrons. The van der Waals surface area contributed by atoms with Gasteiger partial charge in [0.1, 0.15) is 0 Å². The molecule has 0 spiro atoms. The molecule has 2 aromatic carbocycles. The van der Waals surface area contributed by atoms with Crippen LogP contribution >= 0.6 is 11.6 Å². The SMILES string of the molecule is CC(C)Cc1ccc2c(c1)nc1c(=O)[nH]c(=O)nc-1n2CCCc1ccc(Cl)cc1. The number of nitrogens with zero attached hydrogens (tertiary/aromatic N) is 3. The quantitative estimate of drug-likeness (QED) is 0.475. The highest BCUT2D eigenvalue weighted by molar-refractivity contribution is 6.30. The molecule has 4 rings (SSSR count). The summed E-state index contributed by atoms with van der Waals surface area (Å²) in [6, 6.07) is 13.9. The van der Waals surface area contributed by atoms with Crippen LogP contribution in [0.1, 0.15) is 31.4 Å². The van der Waals surface area contributed by atoms with Gasteiger partial charge in [-0.3, -0.25) is 9.78 Å². The van der Waals surface area contributed by atoms with Crippen LogP contribution in [-0.4, -0.2) is 19.5 Å². The molecule has 7 heteroatoms. The van der Waals surface area contributed by atoms with Crippen LogP contribution in [0.15, 0.2) is 52.1 Å². The van der Waals surface area contributed by atoms with E-state index in [4.69, 9.17) is 11.6 Å². The van der Waals surface area contributed by atoms with E-state index in [-0.39, 0.29) is 5.69 Å². The number of hydrogen-bond acceptors (Lipinski definition) is 4. The minimum Gasteiger partial charge on any atom is -0.322 e. The summed E-state index contributed by atoms with van der Waals surface area (Å²) in [6.07, 6.45) is 2.59. The van der Waals surface area contributed by atoms with Gasteiger partial charge in [-0.1, -0.05) is 43.6 Å². The summed E-state index contributed by atoms with van der Waals surface area (Å²) < 4.78 is 1.93. The van der Waals surface area contributed by atoms with Crippen molar-refractivity contribution in [2.75, 3.05) is 0 Å². The number of hydrogen-bond donors (Lipinski definition) is 1. The Morgan fingerprint density at radius 1 is 1.03 bits per heavy atom. The zero-order chi connectivity index (χ0) is 21.3. The minimum absolute atomic E-state index is 0.190. The molecule has 0 atom stereocenters. The van der Waals surface area contributed by atoms with Gasteiger partial charge >= 0.3 is 5.69 Å². The third-order valence-corrected chi connectivity index (χ3v) is 5.33. The van der Waals surface area contributed by atoms with Crippen molar-refractivity contribution in [3.8, 4) is 11.5 Å². The van der Waals surface area contributed by atoms with Gasteiger partial charge in [-0.25, -0.2) is 9.78 Å². The maximum Gasteiger partial charge on any atom is 0.349 e. The Balaban J connectivity index is 1.76. The van der Waals surface area contributed by atoms with Crippen molar-refractivity contribution in [1.29, 1.82) is 0 Å². The lowest BCUT2D eigenvalue weighted by molar-refractivity contribution is 0.643. The van der Waals surface area contributed by atoms with Crippen molar-refractivity contribution in [3.05, 3.63) is 79.5 Å². The number of fused-ring (bicyclic) bond motifs is 2. The Hall–Kier alpha value is -2.99. The van der Waals surface area contributed by atoms with Gasteiger partial charge in [0.05, 0.1) is 11.0 Å². The Bertz CT molecular complexity index is 1280. The number of halogens is 1. The van der Waals surface area contributed by atoms with Crippen molar-refractivity contribution < 1.29 is 0 Å². The molecule has 0 amide bonds. The van der Waals surface area contributed by atoms with Gasteiger partial charge in [0.15, 0.2) is 11.5 Å². The van der Waals surface area contributed by atoms with Crippen molar-refractivity contribution in [2.45, 2.75) is 39.7 Å². The topological polar surface area (TPSA) is 80.6 Å². The first-order valence-electron chi connectivity index (χ1n) is 10.1. The molecular formula is C23H23ClN4O2. The Morgan fingerprint density at radius 3 is 2.50 bits per heavy atom. The lowest BCUT2D eigenvalue weighted by Gasteiger charge is -2.17. The molecule has 154 valence electrons. The summed E-state index contributed by atoms with van der Waals surface area (Å²) >= 11 is 5.96. The van der Waals surface area contributed by atoms with Crippen LogP contribution in [0.25, 0.3) is 22.6 Å². The fourth-order valence-corrected chi connectivity index (χ4v) is 3.89. The largest absolute Gasteiger partial charge is 0.349 e. The van der Waals surface area contributed by atoms with Crippen LogP contribution in [0.4, 0.5) is 0 Å². The second-order valence-corrected chi connectivity index (χ2v) is 8.39. The molecule has 0 saturated heterocycles. The zero-order valence-electron chi connectivity index (χ0n) is 17.0. The highest BCUT2D eigenvalue weighted by atomic mass is 35.5. The molecule has 2 heterocycles. The van der Waals surface area contributed by atoms with E-state index in [1.165, 1.54) is 11.1 Å². The molecule has 0 fully saturated rings. The highest BCUT2D eigenvalue weighted by Gasteiger charge is 2.18. The maximum absolute atomic E-state index is 12.4. The maximum atomic E-state index is 12.4. The third-order valence-electron chi connectivity index (χ3n) is 5.08. The van der Waals surface area contributed by atoms with Crippen molar-refractivity contribution in [3.63, 3.8) is 0 Å². The van der Waals surface area contributed by atoms with Gasteiger partial charge < -0.3 is 4.57 Å². The minimum atomic E-state index is -0.656. The first-order valence-corrected chi connectivity index (χ1v) is 10.5. The smallest absolute Gasteiger partial charge is 0.322 e. The van der Waals surface area contributed by atoms with E-state index in [0.29, 0.717) is 23.3 Å². The van der Waals surface area contributed by atoms with Crippen molar-refractivity contribution in [1.82, 2.24) is 19.5 Å². The van der Waals surface area contributed by atoms with Gasteiger partial charge in [0, 0.05) is 11.6 Å². The molecule has 0 bridgehead atoms. The number of benzene rings is 2. The van der Waals surface area contributed by atoms with E-state index in [9.17, 15) is 9.59 Å². The van der Waals surface area contributed by atoms with Crippen LogP contribution in [0.2, 0.25) is 5.02 Å². The Kier molecular flexibility index (Phi) is 5.68. The molecule has 0 unspecified atom stereocenters. The molecule has 6 nitrogen and oxygen atoms in total. The first kappa shape index (κ1) is 20.3. The summed E-state index contributed by atoms with van der Waals surface area (Å²) in [4.78, 5) is 35.1. The zero-order valence-corrected chi connectivity index (χ0v) is 17.7. The standard InChI is InChI=1S/C23H23ClN4O2/c1-14(2)12-16-7-10-19-18(13-16)25-20-21(26-23(30)27-22(20)29)28(19)11-3-4-15-5-8-17(24)9-6-15/h5-10,13-14H,3-4,11-12H2,1-2H3,(H,27,29,30). The van der Waals surface area contributed by atoms with Crippen LogP contribution in [0.3, 0.4) is 0 Å². The van der Waals surface area contributed by atoms with Gasteiger partial charge in [-0.2, -0.15) is 4.98 Å². The number of aromatic nitrogens is 4. The van der Waals surface area contributed by atoms with Crippen LogP contribution in [-0.2, 0) is 19.4 Å². The van der Waals surface area contributed by atoms with E-state index < -0.39 is 11.2 Å². The molecule has 30 heavy (non-hydrogen) atoms. The summed E-state index contributed by atoms with van der Waals surface area (Å²) in [6.45, 7) is 4.94. The summed E-state index contributed by atoms with van der Waals surface area (Å²) in [5, 5.41) is 0.711. The van der Waals surface area contributed by atoms with Crippen molar-refractivity contribution >= 4 is 22.6 Å². The summed E-state index contributed by atoms with van der Waals surface area (Å²) in [5.74, 6) is 0.839. The van der Waals surface area contributed by atoms with Crippen LogP contribution in [0.5, 0.6) is 0 Å². The monoisotopic (exact) mass is 422 g/mol. The molecule has 0 saturated carbocycles. The molecular weight excluding hydrogens is 400 g/mol. The van der Waals surface area contributed by atoms with Crippen LogP contribution in [0, 0.1) is 5.92 Å². The molecule has 2 aromatic rings. The van der Waals surface area contributed by atoms with E-state index in [1.54, 1.807) is 0 Å². The number of rotatable bonds is 6. The number of H-pyrrole nitrogens is 1. The lowest BCUT2D eigenvalue weighted by Crippen LogP contribution is -2.29. The molecule has 0 aliphatic carbocycles. The second kappa shape index (κ2) is 8.40. The van der Waals surface area contributed by atoms with Gasteiger partial charge in [0.2, 0.25) is 0 Å². The van der Waals surface area contributed by atoms with Gasteiger partial charge in [-0.05, 0) is 60.6 Å². The number of aromatic amines is 1. The summed E-state index contributed by atoms with van der Waals surface area (Å²) in [5.41, 5.74) is 2.97. The average molecular weight is 423 g/mol. The fraction of sp³-hybridized carbons (Fsp3) is 0.304. The van der Waals surface area contributed by atoms with E-state index >= 15 is 0 Å². The van der Waals surface area contributed by atoms with Gasteiger partial charge in [-0.15, -0.1) is 0 Å². The van der Waals surface area contributed by atoms with Crippen molar-refractivity contribution in [2.24, 2.45) is 5.92 Å². The molecule has 2 aliphatic rings. The highest BCUT2D eigenvalue weighted by Crippen LogP contribution is 2.23. The van der Waals surface area contributed by atoms with E-state index in [1.807, 2.05) is 41.0 Å². The van der Waals surface area contributed by atoms with E-state index in [2.05, 4.69) is 34.9 Å². The first-order chi connectivity index (χ1) is 14.4. The van der Waals surface area contributed by atoms with E-state index in [0.717, 1.165) is 30.3 Å². The second-order valence-electron chi connectivity index (χ2n) is 7.96. The normalized spacial score (nSPS) is 11.6. The molecule has 1 N–H and O–H groups in total. The average Bonchev–Trinajstić information content (AvgIpc) is 2.69. The number of nitrogens with one attached hydrogen (secondary N) is 1. The Labute approximate surface area is 178 Å². The third kappa shape index (κ3) is 4.28. The van der Waals surface area contributed by atoms with Crippen LogP contribution < -0.4 is 11.2 Å². The number of aryl methyl sites for hydroxylation is 2. The predicted octanol–water partition coefficient (Wildman–Crippen LogP) is 4.07.